The van der Waals surface area contributed by atoms with Crippen LogP contribution in [0.2, 0.25) is 0 Å². The van der Waals surface area contributed by atoms with E-state index in [2.05, 4.69) is 56.1 Å². The predicted molar refractivity (Wildman–Crippen MR) is 117 cm³/mol. The van der Waals surface area contributed by atoms with Crippen LogP contribution in [0.4, 0.5) is 0 Å². The van der Waals surface area contributed by atoms with Gasteiger partial charge in [0.25, 0.3) is 0 Å². The molecule has 3 aromatic rings. The molecule has 2 bridgehead atoms. The minimum Gasteiger partial charge on any atom is -0.294 e. The number of carbonyl (C=O) groups is 2. The molecule has 0 radical (unpaired) electrons. The quantitative estimate of drug-likeness (QED) is 0.530. The van der Waals surface area contributed by atoms with Gasteiger partial charge in [-0.2, -0.15) is 0 Å². The third-order valence-electron chi connectivity index (χ3n) is 7.04. The van der Waals surface area contributed by atoms with E-state index in [-0.39, 0.29) is 11.6 Å². The van der Waals surface area contributed by atoms with Crippen molar-refractivity contribution in [3.05, 3.63) is 82.1 Å². The summed E-state index contributed by atoms with van der Waals surface area (Å²) in [6.07, 6.45) is 2.56. The Hall–Kier alpha value is -3.33. The third-order valence-corrected chi connectivity index (χ3v) is 7.04. The minimum atomic E-state index is -0.532. The van der Waals surface area contributed by atoms with Crippen LogP contribution in [0, 0.1) is 20.8 Å². The molecule has 0 saturated carbocycles. The first kappa shape index (κ1) is 17.5. The second-order valence-electron chi connectivity index (χ2n) is 8.97. The van der Waals surface area contributed by atoms with Gasteiger partial charge in [-0.1, -0.05) is 35.9 Å². The number of carbonyl (C=O) groups excluding carboxylic acids is 2. The Morgan fingerprint density at radius 1 is 0.867 bits per heavy atom. The van der Waals surface area contributed by atoms with Crippen molar-refractivity contribution in [3.63, 3.8) is 0 Å². The summed E-state index contributed by atoms with van der Waals surface area (Å²) < 4.78 is 0. The average Bonchev–Trinajstić information content (AvgIpc) is 3.16. The summed E-state index contributed by atoms with van der Waals surface area (Å²) in [5.41, 5.74) is 10.9. The highest BCUT2D eigenvalue weighted by Gasteiger charge is 2.58. The summed E-state index contributed by atoms with van der Waals surface area (Å²) in [5.74, 6) is -0.0333. The van der Waals surface area contributed by atoms with Gasteiger partial charge in [0.2, 0.25) is 0 Å². The molecule has 3 aliphatic carbocycles. The molecule has 0 atom stereocenters. The molecule has 2 aromatic carbocycles. The zero-order valence-corrected chi connectivity index (χ0v) is 17.3. The van der Waals surface area contributed by atoms with Crippen molar-refractivity contribution in [1.82, 2.24) is 4.98 Å². The van der Waals surface area contributed by atoms with Crippen molar-refractivity contribution in [3.8, 4) is 22.4 Å². The lowest BCUT2D eigenvalue weighted by Crippen LogP contribution is -2.32. The normalized spacial score (nSPS) is 17.8. The number of ketones is 2. The van der Waals surface area contributed by atoms with Gasteiger partial charge >= 0.3 is 0 Å². The van der Waals surface area contributed by atoms with Crippen LogP contribution >= 0.6 is 0 Å². The fourth-order valence-corrected chi connectivity index (χ4v) is 6.11. The SMILES string of the molecule is Cc1cc(C)c(-c2ccc3c(c2)C2=C4C(=O)CC2(CC4=O)c2cccnc2-3)c(C)c1. The molecule has 0 aliphatic heterocycles. The summed E-state index contributed by atoms with van der Waals surface area (Å²) in [7, 11) is 0. The maximum absolute atomic E-state index is 12.8. The lowest BCUT2D eigenvalue weighted by molar-refractivity contribution is -0.123. The number of benzene rings is 2. The molecule has 0 amide bonds. The van der Waals surface area contributed by atoms with Crippen molar-refractivity contribution < 1.29 is 9.59 Å². The standard InChI is InChI=1S/C27H21NO2/c1-14-9-15(2)23(16(3)10-14)17-6-7-18-19(11-17)25-24-21(29)12-27(25,13-22(24)30)20-5-4-8-28-26(18)20/h4-11H,12-13H2,1-3H3. The number of fused-ring (bicyclic) bond motifs is 3. The summed E-state index contributed by atoms with van der Waals surface area (Å²) in [6.45, 7) is 6.39. The van der Waals surface area contributed by atoms with Gasteiger partial charge in [-0.25, -0.2) is 0 Å². The summed E-state index contributed by atoms with van der Waals surface area (Å²) in [4.78, 5) is 30.3. The smallest absolute Gasteiger partial charge is 0.168 e. The predicted octanol–water partition coefficient (Wildman–Crippen LogP) is 5.29. The molecule has 1 aromatic heterocycles. The molecule has 6 rings (SSSR count). The molecule has 3 nitrogen and oxygen atoms in total. The highest BCUT2D eigenvalue weighted by molar-refractivity contribution is 6.35. The molecular formula is C27H21NO2. The Kier molecular flexibility index (Phi) is 3.29. The van der Waals surface area contributed by atoms with Gasteiger partial charge in [-0.05, 0) is 71.9 Å². The molecule has 0 N–H and O–H groups in total. The highest BCUT2D eigenvalue weighted by Crippen LogP contribution is 2.62. The van der Waals surface area contributed by atoms with Crippen molar-refractivity contribution in [1.29, 1.82) is 0 Å². The Labute approximate surface area is 175 Å². The zero-order chi connectivity index (χ0) is 20.8. The van der Waals surface area contributed by atoms with Crippen molar-refractivity contribution >= 4 is 17.1 Å². The first-order chi connectivity index (χ1) is 14.4. The summed E-state index contributed by atoms with van der Waals surface area (Å²) >= 11 is 0. The zero-order valence-electron chi connectivity index (χ0n) is 17.3. The van der Waals surface area contributed by atoms with Gasteiger partial charge in [0, 0.05) is 30.0 Å². The van der Waals surface area contributed by atoms with Gasteiger partial charge in [-0.3, -0.25) is 14.6 Å². The topological polar surface area (TPSA) is 47.0 Å². The summed E-state index contributed by atoms with van der Waals surface area (Å²) in [5, 5.41) is 0. The maximum Gasteiger partial charge on any atom is 0.168 e. The molecule has 3 aliphatic rings. The molecule has 0 unspecified atom stereocenters. The van der Waals surface area contributed by atoms with Crippen molar-refractivity contribution in [2.24, 2.45) is 0 Å². The number of aromatic nitrogens is 1. The Morgan fingerprint density at radius 2 is 1.57 bits per heavy atom. The molecule has 0 fully saturated rings. The minimum absolute atomic E-state index is 0.0167. The second kappa shape index (κ2) is 5.63. The van der Waals surface area contributed by atoms with Gasteiger partial charge in [0.15, 0.2) is 11.6 Å². The van der Waals surface area contributed by atoms with E-state index in [0.29, 0.717) is 18.4 Å². The van der Waals surface area contributed by atoms with Crippen molar-refractivity contribution in [2.45, 2.75) is 39.0 Å². The monoisotopic (exact) mass is 391 g/mol. The van der Waals surface area contributed by atoms with E-state index in [4.69, 9.17) is 0 Å². The molecule has 0 saturated heterocycles. The van der Waals surface area contributed by atoms with E-state index < -0.39 is 5.41 Å². The fraction of sp³-hybridized carbons (Fsp3) is 0.222. The second-order valence-corrected chi connectivity index (χ2v) is 8.97. The first-order valence-electron chi connectivity index (χ1n) is 10.4. The molecule has 0 spiro atoms. The van der Waals surface area contributed by atoms with Gasteiger partial charge in [-0.15, -0.1) is 0 Å². The third kappa shape index (κ3) is 2.02. The number of hydrogen-bond acceptors (Lipinski definition) is 3. The van der Waals surface area contributed by atoms with E-state index in [9.17, 15) is 9.59 Å². The lowest BCUT2D eigenvalue weighted by Gasteiger charge is -2.36. The van der Waals surface area contributed by atoms with Crippen LogP contribution in [0.25, 0.3) is 28.0 Å². The van der Waals surface area contributed by atoms with Crippen LogP contribution in [-0.2, 0) is 15.0 Å². The van der Waals surface area contributed by atoms with E-state index >= 15 is 0 Å². The van der Waals surface area contributed by atoms with Crippen LogP contribution in [0.3, 0.4) is 0 Å². The van der Waals surface area contributed by atoms with E-state index in [1.165, 1.54) is 22.3 Å². The molecule has 30 heavy (non-hydrogen) atoms. The number of allylic oxidation sites excluding steroid dienone is 2. The van der Waals surface area contributed by atoms with E-state index in [1.54, 1.807) is 6.20 Å². The van der Waals surface area contributed by atoms with Gasteiger partial charge in [0.1, 0.15) is 0 Å². The fourth-order valence-electron chi connectivity index (χ4n) is 6.11. The number of Topliss-reactive ketones (excluding diaryl/α,β-unsaturated/α-hetero) is 2. The number of pyridine rings is 1. The van der Waals surface area contributed by atoms with Gasteiger partial charge in [0.05, 0.1) is 11.3 Å². The number of rotatable bonds is 1. The average molecular weight is 391 g/mol. The number of aryl methyl sites for hydroxylation is 3. The highest BCUT2D eigenvalue weighted by atomic mass is 16.2. The number of hydrogen-bond donors (Lipinski definition) is 0. The van der Waals surface area contributed by atoms with Gasteiger partial charge < -0.3 is 0 Å². The molecule has 1 heterocycles. The largest absolute Gasteiger partial charge is 0.294 e. The Bertz CT molecular complexity index is 1320. The van der Waals surface area contributed by atoms with E-state index in [1.807, 2.05) is 12.1 Å². The number of nitrogens with zero attached hydrogens (tertiary/aromatic N) is 1. The molecule has 146 valence electrons. The molecule has 3 heteroatoms. The Morgan fingerprint density at radius 3 is 2.27 bits per heavy atom. The van der Waals surface area contributed by atoms with Crippen LogP contribution in [-0.4, -0.2) is 16.6 Å². The van der Waals surface area contributed by atoms with Crippen LogP contribution in [0.15, 0.2) is 54.2 Å². The molecular weight excluding hydrogens is 370 g/mol. The van der Waals surface area contributed by atoms with Crippen molar-refractivity contribution in [2.75, 3.05) is 0 Å². The maximum atomic E-state index is 12.8. The van der Waals surface area contributed by atoms with Crippen LogP contribution < -0.4 is 0 Å². The van der Waals surface area contributed by atoms with Crippen LogP contribution in [0.5, 0.6) is 0 Å². The summed E-state index contributed by atoms with van der Waals surface area (Å²) in [6, 6.07) is 14.8. The first-order valence-corrected chi connectivity index (χ1v) is 10.4. The van der Waals surface area contributed by atoms with Crippen LogP contribution in [0.1, 0.15) is 40.7 Å². The Balaban J connectivity index is 1.69. The van der Waals surface area contributed by atoms with E-state index in [0.717, 1.165) is 33.5 Å². The lowest BCUT2D eigenvalue weighted by atomic mass is 9.66.